The number of hydrogen-bond donors (Lipinski definition) is 1. The molecular weight excluding hydrogens is 268 g/mol. The summed E-state index contributed by atoms with van der Waals surface area (Å²) >= 11 is 0. The molecule has 1 N–H and O–H groups in total. The second kappa shape index (κ2) is 8.29. The number of aryl methyl sites for hydroxylation is 1. The van der Waals surface area contributed by atoms with Crippen LogP contribution >= 0.6 is 0 Å². The molecule has 0 radical (unpaired) electrons. The minimum Gasteiger partial charge on any atom is -0.464 e. The number of azide groups is 1. The SMILES string of the molecule is CCOC(=O)C(C)(NCCCN=[N+]=[N-])c1ccc(C)cc1. The van der Waals surface area contributed by atoms with Crippen LogP contribution in [0.25, 0.3) is 10.4 Å². The molecule has 1 unspecified atom stereocenters. The number of carbonyl (C=O) groups excluding carboxylic acids is 1. The van der Waals surface area contributed by atoms with Crippen LogP contribution in [0, 0.1) is 6.92 Å². The lowest BCUT2D eigenvalue weighted by Gasteiger charge is -2.29. The lowest BCUT2D eigenvalue weighted by Crippen LogP contribution is -2.48. The Morgan fingerprint density at radius 2 is 2.10 bits per heavy atom. The van der Waals surface area contributed by atoms with Gasteiger partial charge < -0.3 is 4.74 Å². The summed E-state index contributed by atoms with van der Waals surface area (Å²) in [6, 6.07) is 7.78. The molecule has 0 aliphatic carbocycles. The van der Waals surface area contributed by atoms with Crippen LogP contribution in [0.4, 0.5) is 0 Å². The Balaban J connectivity index is 2.86. The zero-order chi connectivity index (χ0) is 15.7. The van der Waals surface area contributed by atoms with Crippen LogP contribution in [0.2, 0.25) is 0 Å². The van der Waals surface area contributed by atoms with Crippen molar-refractivity contribution < 1.29 is 9.53 Å². The van der Waals surface area contributed by atoms with Crippen LogP contribution in [-0.2, 0) is 15.1 Å². The highest BCUT2D eigenvalue weighted by atomic mass is 16.5. The molecule has 1 aromatic rings. The van der Waals surface area contributed by atoms with Gasteiger partial charge in [0.1, 0.15) is 5.54 Å². The van der Waals surface area contributed by atoms with E-state index in [1.54, 1.807) is 6.92 Å². The second-order valence-electron chi connectivity index (χ2n) is 4.95. The molecule has 0 bridgehead atoms. The van der Waals surface area contributed by atoms with E-state index in [1.807, 2.05) is 38.1 Å². The Morgan fingerprint density at radius 1 is 1.43 bits per heavy atom. The maximum atomic E-state index is 12.3. The molecule has 0 heterocycles. The minimum atomic E-state index is -0.903. The van der Waals surface area contributed by atoms with E-state index in [9.17, 15) is 4.79 Å². The van der Waals surface area contributed by atoms with Gasteiger partial charge >= 0.3 is 5.97 Å². The first-order valence-corrected chi connectivity index (χ1v) is 7.05. The average Bonchev–Trinajstić information content (AvgIpc) is 2.47. The lowest BCUT2D eigenvalue weighted by atomic mass is 9.91. The summed E-state index contributed by atoms with van der Waals surface area (Å²) in [4.78, 5) is 15.0. The third-order valence-electron chi connectivity index (χ3n) is 3.29. The quantitative estimate of drug-likeness (QED) is 0.262. The molecule has 114 valence electrons. The number of nitrogens with one attached hydrogen (secondary N) is 1. The zero-order valence-electron chi connectivity index (χ0n) is 12.8. The molecule has 21 heavy (non-hydrogen) atoms. The van der Waals surface area contributed by atoms with E-state index in [0.717, 1.165) is 11.1 Å². The fourth-order valence-electron chi connectivity index (χ4n) is 1.99. The number of rotatable bonds is 8. The predicted octanol–water partition coefficient (Wildman–Crippen LogP) is 3.06. The summed E-state index contributed by atoms with van der Waals surface area (Å²) in [5, 5.41) is 6.70. The molecule has 0 spiro atoms. The summed E-state index contributed by atoms with van der Waals surface area (Å²) in [5.74, 6) is -0.308. The summed E-state index contributed by atoms with van der Waals surface area (Å²) < 4.78 is 5.19. The summed E-state index contributed by atoms with van der Waals surface area (Å²) in [5.41, 5.74) is 9.34. The molecule has 1 rings (SSSR count). The van der Waals surface area contributed by atoms with Crippen molar-refractivity contribution in [1.82, 2.24) is 5.32 Å². The molecule has 0 saturated carbocycles. The Kier molecular flexibility index (Phi) is 6.72. The standard InChI is InChI=1S/C15H22N4O2/c1-4-21-14(20)15(3,17-10-5-11-18-19-16)13-8-6-12(2)7-9-13/h6-9,17H,4-5,10-11H2,1-3H3. The lowest BCUT2D eigenvalue weighted by molar-refractivity contribution is -0.151. The molecule has 6 nitrogen and oxygen atoms in total. The van der Waals surface area contributed by atoms with Crippen molar-refractivity contribution in [1.29, 1.82) is 0 Å². The van der Waals surface area contributed by atoms with Gasteiger partial charge in [0.15, 0.2) is 0 Å². The molecule has 0 aliphatic heterocycles. The number of ether oxygens (including phenoxy) is 1. The molecule has 0 amide bonds. The normalized spacial score (nSPS) is 13.1. The number of hydrogen-bond acceptors (Lipinski definition) is 4. The Bertz CT molecular complexity index is 509. The van der Waals surface area contributed by atoms with Gasteiger partial charge in [-0.25, -0.2) is 4.79 Å². The Morgan fingerprint density at radius 3 is 2.67 bits per heavy atom. The number of benzene rings is 1. The Labute approximate surface area is 125 Å². The van der Waals surface area contributed by atoms with Crippen molar-refractivity contribution in [3.8, 4) is 0 Å². The van der Waals surface area contributed by atoms with Crippen LogP contribution in [0.3, 0.4) is 0 Å². The van der Waals surface area contributed by atoms with Crippen LogP contribution in [0.1, 0.15) is 31.4 Å². The minimum absolute atomic E-state index is 0.308. The predicted molar refractivity (Wildman–Crippen MR) is 81.8 cm³/mol. The molecule has 1 atom stereocenters. The molecule has 1 aromatic carbocycles. The highest BCUT2D eigenvalue weighted by molar-refractivity contribution is 5.82. The number of carbonyl (C=O) groups is 1. The van der Waals surface area contributed by atoms with Crippen molar-refractivity contribution in [3.63, 3.8) is 0 Å². The van der Waals surface area contributed by atoms with Crippen molar-refractivity contribution in [3.05, 3.63) is 45.8 Å². The molecule has 0 saturated heterocycles. The van der Waals surface area contributed by atoms with Crippen molar-refractivity contribution in [2.45, 2.75) is 32.7 Å². The molecule has 6 heteroatoms. The fraction of sp³-hybridized carbons (Fsp3) is 0.533. The van der Waals surface area contributed by atoms with Crippen LogP contribution < -0.4 is 5.32 Å². The van der Waals surface area contributed by atoms with Gasteiger partial charge in [0, 0.05) is 11.5 Å². The average molecular weight is 290 g/mol. The van der Waals surface area contributed by atoms with Gasteiger partial charge in [-0.05, 0) is 44.8 Å². The first-order valence-electron chi connectivity index (χ1n) is 7.05. The van der Waals surface area contributed by atoms with Gasteiger partial charge in [-0.3, -0.25) is 5.32 Å². The van der Waals surface area contributed by atoms with E-state index in [1.165, 1.54) is 0 Å². The maximum Gasteiger partial charge on any atom is 0.330 e. The summed E-state index contributed by atoms with van der Waals surface area (Å²) in [6.45, 7) is 6.89. The van der Waals surface area contributed by atoms with Crippen LogP contribution in [-0.4, -0.2) is 25.7 Å². The summed E-state index contributed by atoms with van der Waals surface area (Å²) in [7, 11) is 0. The van der Waals surface area contributed by atoms with Gasteiger partial charge in [-0.15, -0.1) is 0 Å². The molecule has 0 aliphatic rings. The van der Waals surface area contributed by atoms with Gasteiger partial charge in [0.05, 0.1) is 6.61 Å². The van der Waals surface area contributed by atoms with Crippen molar-refractivity contribution >= 4 is 5.97 Å². The van der Waals surface area contributed by atoms with E-state index in [-0.39, 0.29) is 5.97 Å². The Hall–Kier alpha value is -2.04. The van der Waals surface area contributed by atoms with Crippen molar-refractivity contribution in [2.75, 3.05) is 19.7 Å². The highest BCUT2D eigenvalue weighted by Gasteiger charge is 2.35. The van der Waals surface area contributed by atoms with Gasteiger partial charge in [-0.2, -0.15) is 0 Å². The third-order valence-corrected chi connectivity index (χ3v) is 3.29. The van der Waals surface area contributed by atoms with Crippen LogP contribution in [0.15, 0.2) is 29.4 Å². The molecule has 0 fully saturated rings. The third kappa shape index (κ3) is 4.77. The summed E-state index contributed by atoms with van der Waals surface area (Å²) in [6.07, 6.45) is 0.658. The molecule has 0 aromatic heterocycles. The van der Waals surface area contributed by atoms with Gasteiger partial charge in [0.2, 0.25) is 0 Å². The first-order chi connectivity index (χ1) is 10.0. The van der Waals surface area contributed by atoms with Crippen molar-refractivity contribution in [2.24, 2.45) is 5.11 Å². The molecular formula is C15H22N4O2. The van der Waals surface area contributed by atoms with Gasteiger partial charge in [0.25, 0.3) is 0 Å². The fourth-order valence-corrected chi connectivity index (χ4v) is 1.99. The van der Waals surface area contributed by atoms with Crippen LogP contribution in [0.5, 0.6) is 0 Å². The van der Waals surface area contributed by atoms with E-state index in [0.29, 0.717) is 26.1 Å². The monoisotopic (exact) mass is 290 g/mol. The highest BCUT2D eigenvalue weighted by Crippen LogP contribution is 2.23. The van der Waals surface area contributed by atoms with E-state index >= 15 is 0 Å². The second-order valence-corrected chi connectivity index (χ2v) is 4.95. The first kappa shape index (κ1) is 17.0. The number of esters is 1. The zero-order valence-corrected chi connectivity index (χ0v) is 12.8. The van der Waals surface area contributed by atoms with E-state index in [2.05, 4.69) is 15.3 Å². The maximum absolute atomic E-state index is 12.3. The topological polar surface area (TPSA) is 87.1 Å². The van der Waals surface area contributed by atoms with E-state index in [4.69, 9.17) is 10.3 Å². The van der Waals surface area contributed by atoms with E-state index < -0.39 is 5.54 Å². The van der Waals surface area contributed by atoms with Gasteiger partial charge in [-0.1, -0.05) is 34.9 Å². The largest absolute Gasteiger partial charge is 0.464 e. The number of nitrogens with zero attached hydrogens (tertiary/aromatic N) is 3. The smallest absolute Gasteiger partial charge is 0.330 e.